The molecule has 2 aromatic carbocycles. The van der Waals surface area contributed by atoms with Crippen molar-refractivity contribution in [2.75, 3.05) is 28.7 Å². The smallest absolute Gasteiger partial charge is 0.273 e. The lowest BCUT2D eigenvalue weighted by atomic mass is 10.1. The molecule has 1 aromatic heterocycles. The molecule has 13 heteroatoms. The molecule has 2 heterocycles. The molecule has 9 nitrogen and oxygen atoms in total. The Hall–Kier alpha value is -3.48. The van der Waals surface area contributed by atoms with Gasteiger partial charge in [0.1, 0.15) is 35.7 Å². The third-order valence-corrected chi connectivity index (χ3v) is 7.18. The number of pyridine rings is 1. The Balaban J connectivity index is 1.58. The fraction of sp³-hybridized carbons (Fsp3) is 0.250. The van der Waals surface area contributed by atoms with Crippen molar-refractivity contribution >= 4 is 38.9 Å². The largest absolute Gasteiger partial charge is 0.487 e. The summed E-state index contributed by atoms with van der Waals surface area (Å²) in [5.41, 5.74) is 0.714. The van der Waals surface area contributed by atoms with E-state index >= 15 is 0 Å². The number of halogens is 3. The monoisotopic (exact) mass is 553 g/mol. The number of aliphatic hydroxyl groups excluding tert-OH is 1. The number of aliphatic hydroxyl groups is 1. The van der Waals surface area contributed by atoms with Crippen molar-refractivity contribution in [2.24, 2.45) is 0 Å². The summed E-state index contributed by atoms with van der Waals surface area (Å²) in [6, 6.07) is 9.23. The van der Waals surface area contributed by atoms with E-state index in [-0.39, 0.29) is 49.2 Å². The number of rotatable bonds is 8. The molecule has 0 spiro atoms. The SMILES string of the molecule is CS(=O)(=O)N1CN(C(=O)CCO)c2cc(Cn3ccc(OCc4ccc(F)cc4F)c(Cl)c3=O)ccc21. The minimum atomic E-state index is -3.67. The van der Waals surface area contributed by atoms with Crippen LogP contribution in [0, 0.1) is 11.6 Å². The number of amides is 1. The summed E-state index contributed by atoms with van der Waals surface area (Å²) in [6.45, 7) is -0.837. The predicted molar refractivity (Wildman–Crippen MR) is 133 cm³/mol. The van der Waals surface area contributed by atoms with Crippen LogP contribution in [0.4, 0.5) is 20.2 Å². The van der Waals surface area contributed by atoms with Gasteiger partial charge >= 0.3 is 0 Å². The molecule has 0 unspecified atom stereocenters. The molecule has 1 aliphatic heterocycles. The highest BCUT2D eigenvalue weighted by Crippen LogP contribution is 2.38. The molecule has 0 radical (unpaired) electrons. The van der Waals surface area contributed by atoms with Crippen LogP contribution < -0.4 is 19.5 Å². The van der Waals surface area contributed by atoms with Crippen molar-refractivity contribution in [1.29, 1.82) is 0 Å². The maximum atomic E-state index is 13.9. The van der Waals surface area contributed by atoms with Crippen molar-refractivity contribution in [1.82, 2.24) is 4.57 Å². The predicted octanol–water partition coefficient (Wildman–Crippen LogP) is 2.86. The van der Waals surface area contributed by atoms with E-state index in [9.17, 15) is 26.8 Å². The van der Waals surface area contributed by atoms with Crippen LogP contribution in [0.25, 0.3) is 0 Å². The lowest BCUT2D eigenvalue weighted by Gasteiger charge is -2.18. The van der Waals surface area contributed by atoms with Crippen LogP contribution in [0.1, 0.15) is 17.5 Å². The van der Waals surface area contributed by atoms with Gasteiger partial charge in [0.05, 0.1) is 37.2 Å². The molecule has 0 saturated carbocycles. The van der Waals surface area contributed by atoms with Crippen molar-refractivity contribution < 1.29 is 31.8 Å². The minimum Gasteiger partial charge on any atom is -0.487 e. The van der Waals surface area contributed by atoms with Crippen LogP contribution in [0.3, 0.4) is 0 Å². The van der Waals surface area contributed by atoms with E-state index in [0.717, 1.165) is 22.7 Å². The molecule has 1 amide bonds. The van der Waals surface area contributed by atoms with E-state index in [4.69, 9.17) is 21.4 Å². The van der Waals surface area contributed by atoms with Gasteiger partial charge in [0.15, 0.2) is 0 Å². The Kier molecular flexibility index (Phi) is 7.53. The highest BCUT2D eigenvalue weighted by atomic mass is 35.5. The fourth-order valence-electron chi connectivity index (χ4n) is 3.86. The third kappa shape index (κ3) is 5.60. The Bertz CT molecular complexity index is 1530. The van der Waals surface area contributed by atoms with E-state index < -0.39 is 33.1 Å². The molecule has 4 rings (SSSR count). The number of carbonyl (C=O) groups is 1. The minimum absolute atomic E-state index is 0.0187. The average molecular weight is 554 g/mol. The maximum Gasteiger partial charge on any atom is 0.273 e. The lowest BCUT2D eigenvalue weighted by Crippen LogP contribution is -2.38. The van der Waals surface area contributed by atoms with Crippen molar-refractivity contribution in [3.8, 4) is 5.75 Å². The van der Waals surface area contributed by atoms with Crippen LogP contribution in [-0.2, 0) is 28.0 Å². The van der Waals surface area contributed by atoms with E-state index in [0.29, 0.717) is 16.9 Å². The number of ether oxygens (including phenoxy) is 1. The maximum absolute atomic E-state index is 13.9. The topological polar surface area (TPSA) is 109 Å². The molecule has 1 aliphatic rings. The Labute approximate surface area is 216 Å². The second-order valence-corrected chi connectivity index (χ2v) is 10.6. The van der Waals surface area contributed by atoms with Crippen molar-refractivity contribution in [2.45, 2.75) is 19.6 Å². The number of fused-ring (bicyclic) bond motifs is 1. The number of sulfonamides is 1. The van der Waals surface area contributed by atoms with Crippen LogP contribution in [-0.4, -0.2) is 43.5 Å². The molecule has 0 aliphatic carbocycles. The highest BCUT2D eigenvalue weighted by Gasteiger charge is 2.34. The molecule has 196 valence electrons. The molecule has 1 N–H and O–H groups in total. The summed E-state index contributed by atoms with van der Waals surface area (Å²) >= 11 is 6.20. The van der Waals surface area contributed by atoms with Crippen LogP contribution in [0.15, 0.2) is 53.5 Å². The number of aromatic nitrogens is 1. The second kappa shape index (κ2) is 10.5. The van der Waals surface area contributed by atoms with Gasteiger partial charge in [-0.25, -0.2) is 21.5 Å². The Morgan fingerprint density at radius 1 is 1.14 bits per heavy atom. The number of carbonyl (C=O) groups excluding carboxylic acids is 1. The normalized spacial score (nSPS) is 13.1. The van der Waals surface area contributed by atoms with Crippen LogP contribution in [0.2, 0.25) is 5.02 Å². The van der Waals surface area contributed by atoms with Gasteiger partial charge in [-0.15, -0.1) is 0 Å². The van der Waals surface area contributed by atoms with Gasteiger partial charge in [0, 0.05) is 17.8 Å². The number of nitrogens with zero attached hydrogens (tertiary/aromatic N) is 3. The molecular formula is C24H22ClF2N3O6S. The van der Waals surface area contributed by atoms with Gasteiger partial charge in [-0.3, -0.25) is 14.5 Å². The Morgan fingerprint density at radius 3 is 2.57 bits per heavy atom. The first kappa shape index (κ1) is 26.6. The van der Waals surface area contributed by atoms with Gasteiger partial charge in [-0.2, -0.15) is 0 Å². The fourth-order valence-corrected chi connectivity index (χ4v) is 4.92. The quantitative estimate of drug-likeness (QED) is 0.459. The number of hydrogen-bond acceptors (Lipinski definition) is 6. The zero-order valence-electron chi connectivity index (χ0n) is 19.5. The first-order valence-corrected chi connectivity index (χ1v) is 13.2. The first-order valence-electron chi connectivity index (χ1n) is 11.0. The Morgan fingerprint density at radius 2 is 1.89 bits per heavy atom. The van der Waals surface area contributed by atoms with E-state index in [1.54, 1.807) is 18.2 Å². The van der Waals surface area contributed by atoms with Gasteiger partial charge < -0.3 is 14.4 Å². The summed E-state index contributed by atoms with van der Waals surface area (Å²) in [4.78, 5) is 26.6. The van der Waals surface area contributed by atoms with E-state index in [2.05, 4.69) is 0 Å². The van der Waals surface area contributed by atoms with E-state index in [1.165, 1.54) is 27.8 Å². The highest BCUT2D eigenvalue weighted by molar-refractivity contribution is 7.92. The summed E-state index contributed by atoms with van der Waals surface area (Å²) in [7, 11) is -3.67. The third-order valence-electron chi connectivity index (χ3n) is 5.72. The zero-order chi connectivity index (χ0) is 26.9. The molecule has 0 fully saturated rings. The molecule has 3 aromatic rings. The van der Waals surface area contributed by atoms with Crippen molar-refractivity contribution in [3.63, 3.8) is 0 Å². The van der Waals surface area contributed by atoms with Crippen LogP contribution in [0.5, 0.6) is 5.75 Å². The van der Waals surface area contributed by atoms with Gasteiger partial charge in [-0.05, 0) is 35.9 Å². The summed E-state index contributed by atoms with van der Waals surface area (Å²) < 4.78 is 59.2. The molecular weight excluding hydrogens is 532 g/mol. The van der Waals surface area contributed by atoms with Gasteiger partial charge in [0.25, 0.3) is 5.56 Å². The molecule has 0 saturated heterocycles. The summed E-state index contributed by atoms with van der Waals surface area (Å²) in [6.07, 6.45) is 2.27. The second-order valence-electron chi connectivity index (χ2n) is 8.32. The first-order chi connectivity index (χ1) is 17.5. The molecule has 0 bridgehead atoms. The number of hydrogen-bond donors (Lipinski definition) is 1. The average Bonchev–Trinajstić information content (AvgIpc) is 3.22. The van der Waals surface area contributed by atoms with Gasteiger partial charge in [0.2, 0.25) is 15.9 Å². The van der Waals surface area contributed by atoms with Gasteiger partial charge in [-0.1, -0.05) is 17.7 Å². The number of anilines is 2. The lowest BCUT2D eigenvalue weighted by molar-refractivity contribution is -0.119. The number of benzene rings is 2. The van der Waals surface area contributed by atoms with Crippen molar-refractivity contribution in [3.05, 3.63) is 86.8 Å². The zero-order valence-corrected chi connectivity index (χ0v) is 21.1. The standard InChI is InChI=1S/C24H22ClF2N3O6S/c1-37(34,35)30-14-29(22(32)7-9-31)20-10-15(2-5-19(20)30)12-28-8-6-21(23(25)24(28)33)36-13-16-3-4-17(26)11-18(16)27/h2-6,8,10-11,31H,7,9,12-14H2,1H3. The summed E-state index contributed by atoms with van der Waals surface area (Å²) in [5.74, 6) is -1.95. The van der Waals surface area contributed by atoms with Crippen LogP contribution >= 0.6 is 11.6 Å². The van der Waals surface area contributed by atoms with E-state index in [1.807, 2.05) is 0 Å². The summed E-state index contributed by atoms with van der Waals surface area (Å²) in [5, 5.41) is 8.91. The molecule has 37 heavy (non-hydrogen) atoms. The molecule has 0 atom stereocenters.